The predicted octanol–water partition coefficient (Wildman–Crippen LogP) is 2.51. The summed E-state index contributed by atoms with van der Waals surface area (Å²) in [6, 6.07) is 0.568. The van der Waals surface area contributed by atoms with Crippen molar-refractivity contribution in [2.45, 2.75) is 44.9 Å². The van der Waals surface area contributed by atoms with Crippen molar-refractivity contribution in [1.29, 1.82) is 0 Å². The lowest BCUT2D eigenvalue weighted by atomic mass is 10.3. The second kappa shape index (κ2) is 6.39. The predicted molar refractivity (Wildman–Crippen MR) is 70.5 cm³/mol. The van der Waals surface area contributed by atoms with Crippen molar-refractivity contribution in [3.63, 3.8) is 0 Å². The molecular weight excluding hydrogens is 269 g/mol. The van der Waals surface area contributed by atoms with Gasteiger partial charge in [0.25, 0.3) is 0 Å². The van der Waals surface area contributed by atoms with Crippen LogP contribution in [-0.4, -0.2) is 35.3 Å². The van der Waals surface area contributed by atoms with Crippen LogP contribution in [0, 0.1) is 0 Å². The molecule has 112 valence electrons. The molecule has 0 aliphatic heterocycles. The zero-order chi connectivity index (χ0) is 14.6. The molecule has 1 aliphatic carbocycles. The summed E-state index contributed by atoms with van der Waals surface area (Å²) in [4.78, 5) is 9.49. The average Bonchev–Trinajstić information content (AvgIpc) is 3.19. The Morgan fingerprint density at radius 1 is 1.30 bits per heavy atom. The third-order valence-corrected chi connectivity index (χ3v) is 3.03. The Morgan fingerprint density at radius 3 is 2.55 bits per heavy atom. The van der Waals surface area contributed by atoms with Gasteiger partial charge in [-0.05, 0) is 19.3 Å². The number of nitrogens with zero attached hydrogens (tertiary/aromatic N) is 3. The quantitative estimate of drug-likeness (QED) is 0.837. The number of hydrogen-bond donors (Lipinski definition) is 1. The van der Waals surface area contributed by atoms with E-state index in [9.17, 15) is 13.2 Å². The third kappa shape index (κ3) is 4.96. The van der Waals surface area contributed by atoms with Gasteiger partial charge < -0.3 is 10.2 Å². The van der Waals surface area contributed by atoms with Gasteiger partial charge in [-0.3, -0.25) is 4.98 Å². The molecule has 7 heteroatoms. The van der Waals surface area contributed by atoms with E-state index in [4.69, 9.17) is 0 Å². The number of aromatic nitrogens is 2. The molecule has 0 bridgehead atoms. The summed E-state index contributed by atoms with van der Waals surface area (Å²) in [6.45, 7) is 1.78. The maximum Gasteiger partial charge on any atom is 0.405 e. The molecule has 0 amide bonds. The normalized spacial score (nSPS) is 15.4. The summed E-state index contributed by atoms with van der Waals surface area (Å²) in [7, 11) is 0. The Hall–Kier alpha value is -1.37. The highest BCUT2D eigenvalue weighted by Gasteiger charge is 2.31. The van der Waals surface area contributed by atoms with E-state index in [-0.39, 0.29) is 5.82 Å². The maximum absolute atomic E-state index is 12.5. The number of alkyl halides is 3. The molecule has 4 nitrogen and oxygen atoms in total. The van der Waals surface area contributed by atoms with Crippen LogP contribution < -0.4 is 10.2 Å². The fourth-order valence-corrected chi connectivity index (χ4v) is 1.90. The Bertz CT molecular complexity index is 415. The number of halogens is 3. The van der Waals surface area contributed by atoms with Gasteiger partial charge in [-0.2, -0.15) is 13.2 Å². The zero-order valence-corrected chi connectivity index (χ0v) is 11.5. The van der Waals surface area contributed by atoms with E-state index >= 15 is 0 Å². The second-order valence-electron chi connectivity index (χ2n) is 5.06. The Kier molecular flexibility index (Phi) is 4.80. The molecule has 0 spiro atoms. The summed E-state index contributed by atoms with van der Waals surface area (Å²) in [5.74, 6) is 0.277. The molecule has 20 heavy (non-hydrogen) atoms. The van der Waals surface area contributed by atoms with Crippen LogP contribution in [0.15, 0.2) is 12.4 Å². The maximum atomic E-state index is 12.5. The molecule has 1 aliphatic rings. The first-order chi connectivity index (χ1) is 9.48. The Balaban J connectivity index is 1.96. The van der Waals surface area contributed by atoms with Crippen molar-refractivity contribution in [3.05, 3.63) is 18.1 Å². The van der Waals surface area contributed by atoms with Gasteiger partial charge in [-0.15, -0.1) is 0 Å². The Morgan fingerprint density at radius 2 is 2.05 bits per heavy atom. The molecule has 2 rings (SSSR count). The minimum Gasteiger partial charge on any atom is -0.346 e. The van der Waals surface area contributed by atoms with Gasteiger partial charge in [0.15, 0.2) is 0 Å². The van der Waals surface area contributed by atoms with E-state index in [2.05, 4.69) is 15.3 Å². The van der Waals surface area contributed by atoms with Crippen molar-refractivity contribution in [3.8, 4) is 0 Å². The van der Waals surface area contributed by atoms with Gasteiger partial charge in [0.1, 0.15) is 12.4 Å². The smallest absolute Gasteiger partial charge is 0.346 e. The molecule has 1 aromatic rings. The number of nitrogens with one attached hydrogen (secondary N) is 1. The minimum absolute atomic E-state index is 0.277. The number of rotatable bonds is 7. The summed E-state index contributed by atoms with van der Waals surface area (Å²) in [6.07, 6.45) is 1.73. The van der Waals surface area contributed by atoms with E-state index in [1.54, 1.807) is 6.20 Å². The minimum atomic E-state index is -4.23. The molecular formula is C13H19F3N4. The fraction of sp³-hybridized carbons (Fsp3) is 0.692. The number of hydrogen-bond acceptors (Lipinski definition) is 4. The van der Waals surface area contributed by atoms with Crippen molar-refractivity contribution in [2.24, 2.45) is 0 Å². The van der Waals surface area contributed by atoms with Gasteiger partial charge >= 0.3 is 6.18 Å². The first-order valence-electron chi connectivity index (χ1n) is 6.84. The SMILES string of the molecule is CCCN(CC(F)(F)F)c1cnc(CNC2CC2)cn1. The fourth-order valence-electron chi connectivity index (χ4n) is 1.90. The van der Waals surface area contributed by atoms with Crippen LogP contribution in [0.4, 0.5) is 19.0 Å². The summed E-state index contributed by atoms with van der Waals surface area (Å²) < 4.78 is 37.5. The highest BCUT2D eigenvalue weighted by molar-refractivity contribution is 5.36. The molecule has 0 unspecified atom stereocenters. The Labute approximate surface area is 116 Å². The molecule has 1 aromatic heterocycles. The molecule has 1 N–H and O–H groups in total. The zero-order valence-electron chi connectivity index (χ0n) is 11.5. The van der Waals surface area contributed by atoms with Gasteiger partial charge in [0.05, 0.1) is 18.1 Å². The number of anilines is 1. The van der Waals surface area contributed by atoms with Crippen LogP contribution >= 0.6 is 0 Å². The molecule has 1 heterocycles. The van der Waals surface area contributed by atoms with Crippen LogP contribution in [0.3, 0.4) is 0 Å². The monoisotopic (exact) mass is 288 g/mol. The van der Waals surface area contributed by atoms with Crippen LogP contribution in [0.2, 0.25) is 0 Å². The van der Waals surface area contributed by atoms with E-state index < -0.39 is 12.7 Å². The van der Waals surface area contributed by atoms with Crippen LogP contribution in [0.25, 0.3) is 0 Å². The molecule has 0 aromatic carbocycles. The van der Waals surface area contributed by atoms with Crippen LogP contribution in [0.5, 0.6) is 0 Å². The third-order valence-electron chi connectivity index (χ3n) is 3.03. The van der Waals surface area contributed by atoms with Crippen molar-refractivity contribution in [1.82, 2.24) is 15.3 Å². The lowest BCUT2D eigenvalue weighted by molar-refractivity contribution is -0.119. The molecule has 0 radical (unpaired) electrons. The summed E-state index contributed by atoms with van der Waals surface area (Å²) >= 11 is 0. The van der Waals surface area contributed by atoms with Gasteiger partial charge in [-0.1, -0.05) is 6.92 Å². The van der Waals surface area contributed by atoms with Gasteiger partial charge in [-0.25, -0.2) is 4.98 Å². The molecule has 0 saturated heterocycles. The van der Waals surface area contributed by atoms with Gasteiger partial charge in [0.2, 0.25) is 0 Å². The standard InChI is InChI=1S/C13H19F3N4/c1-2-5-20(9-13(14,15)16)12-8-18-11(7-19-12)6-17-10-3-4-10/h7-8,10,17H,2-6,9H2,1H3. The average molecular weight is 288 g/mol. The van der Waals surface area contributed by atoms with E-state index in [0.717, 1.165) is 5.69 Å². The van der Waals surface area contributed by atoms with E-state index in [0.29, 0.717) is 25.6 Å². The van der Waals surface area contributed by atoms with Crippen molar-refractivity contribution < 1.29 is 13.2 Å². The second-order valence-corrected chi connectivity index (χ2v) is 5.06. The topological polar surface area (TPSA) is 41.1 Å². The van der Waals surface area contributed by atoms with Crippen molar-refractivity contribution >= 4 is 5.82 Å². The highest BCUT2D eigenvalue weighted by atomic mass is 19.4. The van der Waals surface area contributed by atoms with Crippen LogP contribution in [0.1, 0.15) is 31.9 Å². The van der Waals surface area contributed by atoms with E-state index in [1.807, 2.05) is 6.92 Å². The lowest BCUT2D eigenvalue weighted by Crippen LogP contribution is -2.35. The largest absolute Gasteiger partial charge is 0.405 e. The first kappa shape index (κ1) is 15.0. The van der Waals surface area contributed by atoms with Crippen molar-refractivity contribution in [2.75, 3.05) is 18.0 Å². The molecule has 1 saturated carbocycles. The highest BCUT2D eigenvalue weighted by Crippen LogP contribution is 2.21. The summed E-state index contributed by atoms with van der Waals surface area (Å²) in [5.41, 5.74) is 0.754. The van der Waals surface area contributed by atoms with E-state index in [1.165, 1.54) is 23.9 Å². The van der Waals surface area contributed by atoms with Crippen LogP contribution in [-0.2, 0) is 6.54 Å². The van der Waals surface area contributed by atoms with Gasteiger partial charge in [0, 0.05) is 19.1 Å². The molecule has 1 fully saturated rings. The molecule has 0 atom stereocenters. The lowest BCUT2D eigenvalue weighted by Gasteiger charge is -2.24. The first-order valence-corrected chi connectivity index (χ1v) is 6.84. The summed E-state index contributed by atoms with van der Waals surface area (Å²) in [5, 5.41) is 3.29.